The zero-order valence-electron chi connectivity index (χ0n) is 20.6. The van der Waals surface area contributed by atoms with Gasteiger partial charge in [-0.3, -0.25) is 5.32 Å². The van der Waals surface area contributed by atoms with E-state index in [1.54, 1.807) is 0 Å². The number of aliphatic imine (C=N–C) groups is 1. The van der Waals surface area contributed by atoms with Gasteiger partial charge in [0.15, 0.2) is 0 Å². The number of fused-ring (bicyclic) bond motifs is 1. The van der Waals surface area contributed by atoms with E-state index in [1.807, 2.05) is 33.8 Å². The third kappa shape index (κ3) is 7.15. The number of ether oxygens (including phenoxy) is 1. The highest BCUT2D eigenvalue weighted by Crippen LogP contribution is 2.50. The third-order valence-electron chi connectivity index (χ3n) is 6.01. The van der Waals surface area contributed by atoms with E-state index in [0.717, 1.165) is 37.7 Å². The average molecular weight is 517 g/mol. The lowest BCUT2D eigenvalue weighted by Gasteiger charge is -2.34. The van der Waals surface area contributed by atoms with Crippen molar-refractivity contribution in [1.29, 1.82) is 0 Å². The van der Waals surface area contributed by atoms with Gasteiger partial charge in [0.05, 0.1) is 10.2 Å². The smallest absolute Gasteiger partial charge is 0.413 e. The van der Waals surface area contributed by atoms with Gasteiger partial charge in [0, 0.05) is 6.04 Å². The molecule has 180 valence electrons. The van der Waals surface area contributed by atoms with E-state index in [2.05, 4.69) is 70.6 Å². The van der Waals surface area contributed by atoms with E-state index in [-0.39, 0.29) is 11.5 Å². The minimum atomic E-state index is -0.610. The Balaban J connectivity index is 2.16. The molecule has 33 heavy (non-hydrogen) atoms. The van der Waals surface area contributed by atoms with Gasteiger partial charge in [0.1, 0.15) is 11.4 Å². The Kier molecular flexibility index (Phi) is 9.27. The molecule has 1 aliphatic rings. The molecule has 1 unspecified atom stereocenters. The van der Waals surface area contributed by atoms with Crippen LogP contribution in [-0.2, 0) is 11.2 Å². The lowest BCUT2D eigenvalue weighted by atomic mass is 9.73. The summed E-state index contributed by atoms with van der Waals surface area (Å²) in [5.41, 5.74) is 10.4. The minimum Gasteiger partial charge on any atom is -0.444 e. The average Bonchev–Trinajstić information content (AvgIpc) is 3.00. The largest absolute Gasteiger partial charge is 0.444 e. The van der Waals surface area contributed by atoms with Crippen LogP contribution in [0.5, 0.6) is 0 Å². The van der Waals surface area contributed by atoms with Crippen molar-refractivity contribution in [3.63, 3.8) is 0 Å². The van der Waals surface area contributed by atoms with Crippen molar-refractivity contribution < 1.29 is 9.53 Å². The SMILES string of the molecule is C=C(Br)C(=N/C(=C\C)C(=C)CCC1(CCC)Cc2ccccc2[C@H]1N)NC(=O)OC(C)(C)C. The highest BCUT2D eigenvalue weighted by Gasteiger charge is 2.42. The molecule has 1 aromatic rings. The van der Waals surface area contributed by atoms with Crippen LogP contribution in [0.3, 0.4) is 0 Å². The number of nitrogens with two attached hydrogens (primary N) is 1. The maximum atomic E-state index is 12.2. The van der Waals surface area contributed by atoms with Gasteiger partial charge in [-0.25, -0.2) is 9.79 Å². The molecule has 6 heteroatoms. The van der Waals surface area contributed by atoms with Crippen LogP contribution in [0.4, 0.5) is 4.79 Å². The summed E-state index contributed by atoms with van der Waals surface area (Å²) in [6, 6.07) is 8.53. The quantitative estimate of drug-likeness (QED) is 0.220. The summed E-state index contributed by atoms with van der Waals surface area (Å²) in [5, 5.41) is 2.68. The molecule has 0 aliphatic heterocycles. The molecular weight excluding hydrogens is 478 g/mol. The normalized spacial score (nSPS) is 20.9. The van der Waals surface area contributed by atoms with Crippen LogP contribution < -0.4 is 11.1 Å². The number of allylic oxidation sites excluding steroid dienone is 2. The molecule has 0 spiro atoms. The fourth-order valence-corrected chi connectivity index (χ4v) is 4.67. The zero-order valence-corrected chi connectivity index (χ0v) is 22.2. The van der Waals surface area contributed by atoms with Gasteiger partial charge < -0.3 is 10.5 Å². The topological polar surface area (TPSA) is 76.7 Å². The molecule has 0 aromatic heterocycles. The van der Waals surface area contributed by atoms with E-state index >= 15 is 0 Å². The molecule has 0 saturated heterocycles. The maximum Gasteiger partial charge on any atom is 0.413 e. The Morgan fingerprint density at radius 3 is 2.55 bits per heavy atom. The summed E-state index contributed by atoms with van der Waals surface area (Å²) >= 11 is 3.33. The summed E-state index contributed by atoms with van der Waals surface area (Å²) in [5.74, 6) is 0.298. The summed E-state index contributed by atoms with van der Waals surface area (Å²) in [6.07, 6.45) is 6.13. The number of benzene rings is 1. The molecule has 0 bridgehead atoms. The second kappa shape index (κ2) is 11.3. The third-order valence-corrected chi connectivity index (χ3v) is 6.38. The molecule has 1 amide bonds. The zero-order chi connectivity index (χ0) is 24.8. The second-order valence-electron chi connectivity index (χ2n) is 9.74. The number of halogens is 1. The Morgan fingerprint density at radius 2 is 2.00 bits per heavy atom. The van der Waals surface area contributed by atoms with E-state index in [9.17, 15) is 4.79 Å². The first-order chi connectivity index (χ1) is 15.4. The van der Waals surface area contributed by atoms with Gasteiger partial charge >= 0.3 is 6.09 Å². The lowest BCUT2D eigenvalue weighted by molar-refractivity contribution is 0.0563. The number of amidine groups is 1. The molecule has 0 radical (unpaired) electrons. The highest BCUT2D eigenvalue weighted by atomic mass is 79.9. The van der Waals surface area contributed by atoms with Crippen LogP contribution in [-0.4, -0.2) is 17.5 Å². The lowest BCUT2D eigenvalue weighted by Crippen LogP contribution is -2.36. The molecule has 2 atom stereocenters. The van der Waals surface area contributed by atoms with Crippen LogP contribution in [0.1, 0.15) is 77.5 Å². The molecule has 5 nitrogen and oxygen atoms in total. The van der Waals surface area contributed by atoms with Crippen molar-refractivity contribution >= 4 is 27.9 Å². The predicted octanol–water partition coefficient (Wildman–Crippen LogP) is 7.10. The van der Waals surface area contributed by atoms with Crippen LogP contribution in [0.25, 0.3) is 0 Å². The Morgan fingerprint density at radius 1 is 1.33 bits per heavy atom. The number of carbonyl (C=O) groups excluding carboxylic acids is 1. The number of hydrogen-bond donors (Lipinski definition) is 2. The van der Waals surface area contributed by atoms with Crippen molar-refractivity contribution in [1.82, 2.24) is 5.32 Å². The molecule has 0 saturated carbocycles. The maximum absolute atomic E-state index is 12.2. The van der Waals surface area contributed by atoms with Gasteiger partial charge in [-0.2, -0.15) is 0 Å². The van der Waals surface area contributed by atoms with Crippen molar-refractivity contribution in [2.24, 2.45) is 16.1 Å². The number of nitrogens with zero attached hydrogens (tertiary/aromatic N) is 1. The Bertz CT molecular complexity index is 958. The molecule has 2 rings (SSSR count). The van der Waals surface area contributed by atoms with Crippen LogP contribution in [0.2, 0.25) is 0 Å². The number of alkyl carbamates (subject to hydrolysis) is 1. The fourth-order valence-electron chi connectivity index (χ4n) is 4.48. The summed E-state index contributed by atoms with van der Waals surface area (Å²) in [4.78, 5) is 16.9. The van der Waals surface area contributed by atoms with Gasteiger partial charge in [-0.05, 0) is 91.4 Å². The van der Waals surface area contributed by atoms with Crippen LogP contribution >= 0.6 is 15.9 Å². The van der Waals surface area contributed by atoms with Gasteiger partial charge in [0.2, 0.25) is 0 Å². The molecule has 3 N–H and O–H groups in total. The first-order valence-electron chi connectivity index (χ1n) is 11.5. The Labute approximate surface area is 207 Å². The van der Waals surface area contributed by atoms with Crippen molar-refractivity contribution in [2.45, 2.75) is 78.4 Å². The first-order valence-corrected chi connectivity index (χ1v) is 12.3. The Hall–Kier alpha value is -2.18. The van der Waals surface area contributed by atoms with Crippen LogP contribution in [0.15, 0.2) is 64.2 Å². The molecule has 0 heterocycles. The summed E-state index contributed by atoms with van der Waals surface area (Å²) in [7, 11) is 0. The van der Waals surface area contributed by atoms with Crippen molar-refractivity contribution in [3.8, 4) is 0 Å². The van der Waals surface area contributed by atoms with E-state index in [1.165, 1.54) is 11.1 Å². The molecular formula is C27H38BrN3O2. The highest BCUT2D eigenvalue weighted by molar-refractivity contribution is 9.12. The van der Waals surface area contributed by atoms with E-state index < -0.39 is 11.7 Å². The number of nitrogens with one attached hydrogen (secondary N) is 1. The van der Waals surface area contributed by atoms with Crippen molar-refractivity contribution in [3.05, 3.63) is 70.4 Å². The number of hydrogen-bond acceptors (Lipinski definition) is 4. The van der Waals surface area contributed by atoms with Gasteiger partial charge in [-0.1, -0.05) is 56.8 Å². The molecule has 0 fully saturated rings. The monoisotopic (exact) mass is 515 g/mol. The number of rotatable bonds is 8. The molecule has 1 aromatic carbocycles. The van der Waals surface area contributed by atoms with Crippen LogP contribution in [0, 0.1) is 5.41 Å². The number of amides is 1. The number of carbonyl (C=O) groups is 1. The predicted molar refractivity (Wildman–Crippen MR) is 141 cm³/mol. The summed E-state index contributed by atoms with van der Waals surface area (Å²) in [6.45, 7) is 17.7. The first kappa shape index (κ1) is 27.1. The second-order valence-corrected chi connectivity index (χ2v) is 10.7. The minimum absolute atomic E-state index is 0.0144. The molecule has 1 aliphatic carbocycles. The van der Waals surface area contributed by atoms with E-state index in [4.69, 9.17) is 10.5 Å². The van der Waals surface area contributed by atoms with E-state index in [0.29, 0.717) is 16.0 Å². The van der Waals surface area contributed by atoms with Gasteiger partial charge in [-0.15, -0.1) is 0 Å². The fraction of sp³-hybridized carbons (Fsp3) is 0.481. The standard InChI is InChI=1S/C27H38BrN3O2/c1-8-15-27(17-20-12-10-11-13-21(20)23(27)29)16-14-18(3)22(9-2)30-24(19(4)28)31-25(32)33-26(5,6)7/h9-13,23H,3-4,8,14-17,29H2,1-2,5-7H3,(H,30,31,32)/b22-9-/t23-,27?/m1/s1. The van der Waals surface area contributed by atoms with Gasteiger partial charge in [0.25, 0.3) is 0 Å². The van der Waals surface area contributed by atoms with Crippen molar-refractivity contribution in [2.75, 3.05) is 0 Å². The summed E-state index contributed by atoms with van der Waals surface area (Å²) < 4.78 is 5.80.